The Balaban J connectivity index is 1.76. The molecule has 2 rings (SSSR count). The van der Waals surface area contributed by atoms with Gasteiger partial charge in [-0.3, -0.25) is 9.59 Å². The number of hydrogen-bond acceptors (Lipinski definition) is 2. The molecule has 0 heterocycles. The number of nitrogens with one attached hydrogen (secondary N) is 2. The van der Waals surface area contributed by atoms with Gasteiger partial charge in [0.1, 0.15) is 0 Å². The summed E-state index contributed by atoms with van der Waals surface area (Å²) in [5, 5.41) is 5.64. The smallest absolute Gasteiger partial charge is 0.221 e. The fourth-order valence-corrected chi connectivity index (χ4v) is 2.29. The summed E-state index contributed by atoms with van der Waals surface area (Å²) in [6.45, 7) is 2.00. The average Bonchev–Trinajstić information content (AvgIpc) is 2.90. The van der Waals surface area contributed by atoms with Gasteiger partial charge in [-0.15, -0.1) is 0 Å². The van der Waals surface area contributed by atoms with Gasteiger partial charge in [-0.1, -0.05) is 24.3 Å². The second-order valence-corrected chi connectivity index (χ2v) is 5.12. The van der Waals surface area contributed by atoms with Gasteiger partial charge in [0, 0.05) is 25.6 Å². The molecule has 0 spiro atoms. The monoisotopic (exact) mass is 272 g/mol. The Kier molecular flexibility index (Phi) is 4.93. The van der Waals surface area contributed by atoms with Crippen LogP contribution in [0.2, 0.25) is 0 Å². The maximum absolute atomic E-state index is 11.8. The Hall–Kier alpha value is -2.10. The van der Waals surface area contributed by atoms with Crippen LogP contribution in [0.3, 0.4) is 0 Å². The van der Waals surface area contributed by atoms with Crippen LogP contribution in [0, 0.1) is 5.92 Å². The van der Waals surface area contributed by atoms with Crippen LogP contribution in [0.25, 0.3) is 0 Å². The third kappa shape index (κ3) is 4.53. The molecule has 0 radical (unpaired) electrons. The largest absolute Gasteiger partial charge is 0.352 e. The SMILES string of the molecule is CC(=O)Nc1ccc(CNC(=O)CC2C=CCC2)cc1. The molecule has 2 N–H and O–H groups in total. The van der Waals surface area contributed by atoms with E-state index in [1.54, 1.807) is 0 Å². The molecule has 0 bridgehead atoms. The van der Waals surface area contributed by atoms with Gasteiger partial charge in [0.15, 0.2) is 0 Å². The van der Waals surface area contributed by atoms with Crippen molar-refractivity contribution in [2.75, 3.05) is 5.32 Å². The summed E-state index contributed by atoms with van der Waals surface area (Å²) in [5.41, 5.74) is 1.79. The van der Waals surface area contributed by atoms with Crippen molar-refractivity contribution in [2.24, 2.45) is 5.92 Å². The van der Waals surface area contributed by atoms with Crippen LogP contribution in [0.15, 0.2) is 36.4 Å². The second-order valence-electron chi connectivity index (χ2n) is 5.12. The van der Waals surface area contributed by atoms with Crippen LogP contribution < -0.4 is 10.6 Å². The summed E-state index contributed by atoms with van der Waals surface area (Å²) in [4.78, 5) is 22.7. The number of carbonyl (C=O) groups is 2. The zero-order valence-corrected chi connectivity index (χ0v) is 11.7. The minimum absolute atomic E-state index is 0.0873. The van der Waals surface area contributed by atoms with E-state index in [-0.39, 0.29) is 11.8 Å². The third-order valence-corrected chi connectivity index (χ3v) is 3.32. The normalized spacial score (nSPS) is 16.9. The summed E-state index contributed by atoms with van der Waals surface area (Å²) < 4.78 is 0. The van der Waals surface area contributed by atoms with E-state index in [0.29, 0.717) is 18.9 Å². The Morgan fingerprint density at radius 2 is 2.00 bits per heavy atom. The standard InChI is InChI=1S/C16H20N2O2/c1-12(19)18-15-8-6-14(7-9-15)11-17-16(20)10-13-4-2-3-5-13/h2,4,6-9,13H,3,5,10-11H2,1H3,(H,17,20)(H,18,19). The molecule has 0 aliphatic heterocycles. The molecule has 4 heteroatoms. The van der Waals surface area contributed by atoms with Crippen LogP contribution in [-0.2, 0) is 16.1 Å². The minimum atomic E-state index is -0.0873. The maximum atomic E-state index is 11.8. The second kappa shape index (κ2) is 6.89. The molecular weight excluding hydrogens is 252 g/mol. The van der Waals surface area contributed by atoms with E-state index < -0.39 is 0 Å². The van der Waals surface area contributed by atoms with Gasteiger partial charge < -0.3 is 10.6 Å². The molecule has 1 aliphatic carbocycles. The predicted octanol–water partition coefficient (Wildman–Crippen LogP) is 2.62. The highest BCUT2D eigenvalue weighted by Gasteiger charge is 2.13. The van der Waals surface area contributed by atoms with Crippen LogP contribution in [-0.4, -0.2) is 11.8 Å². The van der Waals surface area contributed by atoms with Crippen molar-refractivity contribution in [1.82, 2.24) is 5.32 Å². The quantitative estimate of drug-likeness (QED) is 0.809. The van der Waals surface area contributed by atoms with E-state index in [2.05, 4.69) is 22.8 Å². The number of hydrogen-bond donors (Lipinski definition) is 2. The highest BCUT2D eigenvalue weighted by molar-refractivity contribution is 5.88. The summed E-state index contributed by atoms with van der Waals surface area (Å²) >= 11 is 0. The molecule has 2 amide bonds. The first-order valence-corrected chi connectivity index (χ1v) is 6.93. The molecule has 1 aliphatic rings. The number of anilines is 1. The Bertz CT molecular complexity index is 506. The molecule has 20 heavy (non-hydrogen) atoms. The lowest BCUT2D eigenvalue weighted by Crippen LogP contribution is -2.24. The maximum Gasteiger partial charge on any atom is 0.221 e. The zero-order chi connectivity index (χ0) is 14.4. The van der Waals surface area contributed by atoms with Gasteiger partial charge in [0.2, 0.25) is 11.8 Å². The van der Waals surface area contributed by atoms with Gasteiger partial charge in [0.25, 0.3) is 0 Å². The Morgan fingerprint density at radius 3 is 2.60 bits per heavy atom. The number of allylic oxidation sites excluding steroid dienone is 2. The van der Waals surface area contributed by atoms with Gasteiger partial charge in [-0.05, 0) is 36.5 Å². The van der Waals surface area contributed by atoms with Crippen LogP contribution in [0.4, 0.5) is 5.69 Å². The van der Waals surface area contributed by atoms with Gasteiger partial charge in [0.05, 0.1) is 0 Å². The summed E-state index contributed by atoms with van der Waals surface area (Å²) in [6, 6.07) is 7.48. The van der Waals surface area contributed by atoms with E-state index in [4.69, 9.17) is 0 Å². The van der Waals surface area contributed by atoms with Crippen molar-refractivity contribution in [3.63, 3.8) is 0 Å². The van der Waals surface area contributed by atoms with Gasteiger partial charge in [-0.25, -0.2) is 0 Å². The first-order chi connectivity index (χ1) is 9.63. The van der Waals surface area contributed by atoms with Gasteiger partial charge in [-0.2, -0.15) is 0 Å². The summed E-state index contributed by atoms with van der Waals surface area (Å²) in [5.74, 6) is 0.403. The molecule has 106 valence electrons. The number of rotatable bonds is 5. The Labute approximate surface area is 119 Å². The fourth-order valence-electron chi connectivity index (χ4n) is 2.29. The zero-order valence-electron chi connectivity index (χ0n) is 11.7. The molecule has 0 fully saturated rings. The molecule has 4 nitrogen and oxygen atoms in total. The number of carbonyl (C=O) groups excluding carboxylic acids is 2. The van der Waals surface area contributed by atoms with Crippen LogP contribution in [0.1, 0.15) is 31.7 Å². The van der Waals surface area contributed by atoms with Crippen LogP contribution >= 0.6 is 0 Å². The predicted molar refractivity (Wildman–Crippen MR) is 79.1 cm³/mol. The first-order valence-electron chi connectivity index (χ1n) is 6.93. The number of benzene rings is 1. The highest BCUT2D eigenvalue weighted by atomic mass is 16.2. The van der Waals surface area contributed by atoms with Gasteiger partial charge >= 0.3 is 0 Å². The molecule has 1 aromatic rings. The lowest BCUT2D eigenvalue weighted by Gasteiger charge is -2.09. The van der Waals surface area contributed by atoms with Crippen molar-refractivity contribution in [2.45, 2.75) is 32.7 Å². The molecule has 1 unspecified atom stereocenters. The minimum Gasteiger partial charge on any atom is -0.352 e. The summed E-state index contributed by atoms with van der Waals surface area (Å²) in [6.07, 6.45) is 7.00. The molecule has 0 saturated heterocycles. The topological polar surface area (TPSA) is 58.2 Å². The van der Waals surface area contributed by atoms with E-state index in [0.717, 1.165) is 24.1 Å². The third-order valence-electron chi connectivity index (χ3n) is 3.32. The van der Waals surface area contributed by atoms with Crippen molar-refractivity contribution in [3.8, 4) is 0 Å². The number of amides is 2. The lowest BCUT2D eigenvalue weighted by atomic mass is 10.1. The fraction of sp³-hybridized carbons (Fsp3) is 0.375. The van der Waals surface area contributed by atoms with E-state index >= 15 is 0 Å². The highest BCUT2D eigenvalue weighted by Crippen LogP contribution is 2.20. The molecular formula is C16H20N2O2. The van der Waals surface area contributed by atoms with E-state index in [1.807, 2.05) is 24.3 Å². The van der Waals surface area contributed by atoms with E-state index in [1.165, 1.54) is 6.92 Å². The lowest BCUT2D eigenvalue weighted by molar-refractivity contribution is -0.121. The van der Waals surface area contributed by atoms with Crippen LogP contribution in [0.5, 0.6) is 0 Å². The Morgan fingerprint density at radius 1 is 1.25 bits per heavy atom. The molecule has 1 atom stereocenters. The molecule has 0 saturated carbocycles. The van der Waals surface area contributed by atoms with Crippen molar-refractivity contribution >= 4 is 17.5 Å². The summed E-state index contributed by atoms with van der Waals surface area (Å²) in [7, 11) is 0. The molecule has 0 aromatic heterocycles. The van der Waals surface area contributed by atoms with E-state index in [9.17, 15) is 9.59 Å². The van der Waals surface area contributed by atoms with Crippen molar-refractivity contribution in [1.29, 1.82) is 0 Å². The van der Waals surface area contributed by atoms with Crippen molar-refractivity contribution in [3.05, 3.63) is 42.0 Å². The first kappa shape index (κ1) is 14.3. The molecule has 1 aromatic carbocycles. The average molecular weight is 272 g/mol. The van der Waals surface area contributed by atoms with Crippen molar-refractivity contribution < 1.29 is 9.59 Å².